The fraction of sp³-hybridized carbons (Fsp3) is 0.619. The second kappa shape index (κ2) is 13.2. The summed E-state index contributed by atoms with van der Waals surface area (Å²) in [5, 5.41) is 2.56. The zero-order valence-electron chi connectivity index (χ0n) is 17.9. The van der Waals surface area contributed by atoms with Crippen LogP contribution in [0.3, 0.4) is 0 Å². The van der Waals surface area contributed by atoms with E-state index in [4.69, 9.17) is 0 Å². The Morgan fingerprint density at radius 3 is 2.64 bits per heavy atom. The van der Waals surface area contributed by atoms with Gasteiger partial charge in [0.2, 0.25) is 0 Å². The molecule has 1 aromatic heterocycles. The largest absolute Gasteiger partial charge is 0.373 e. The van der Waals surface area contributed by atoms with Crippen molar-refractivity contribution in [3.63, 3.8) is 0 Å². The molecule has 0 radical (unpaired) electrons. The highest BCUT2D eigenvalue weighted by Gasteiger charge is 2.19. The van der Waals surface area contributed by atoms with Crippen LogP contribution in [0.25, 0.3) is 5.70 Å². The standard InChI is InChI=1S/C21H35F2N5/c1-6-9-17(7-2)13-24-14-18-10-11-26-20(21(18)27(4)8-3)19(12-22)28(5)16-25-15-23/h10-12,14,17,25H,6-9,13,15-16H2,1-5H3/b19-12-,24-14?. The smallest absolute Gasteiger partial charge is 0.141 e. The maximum atomic E-state index is 13.8. The minimum Gasteiger partial charge on any atom is -0.373 e. The van der Waals surface area contributed by atoms with E-state index in [1.165, 1.54) is 0 Å². The van der Waals surface area contributed by atoms with E-state index in [2.05, 4.69) is 29.1 Å². The summed E-state index contributed by atoms with van der Waals surface area (Å²) in [6.07, 6.45) is 7.47. The molecule has 0 saturated carbocycles. The number of pyridine rings is 1. The van der Waals surface area contributed by atoms with Crippen LogP contribution in [0.1, 0.15) is 51.3 Å². The molecule has 5 nitrogen and oxygen atoms in total. The lowest BCUT2D eigenvalue weighted by Gasteiger charge is -2.27. The third kappa shape index (κ3) is 6.86. The quantitative estimate of drug-likeness (QED) is 0.304. The third-order valence-electron chi connectivity index (χ3n) is 4.88. The van der Waals surface area contributed by atoms with Gasteiger partial charge in [0.1, 0.15) is 18.8 Å². The summed E-state index contributed by atoms with van der Waals surface area (Å²) >= 11 is 0. The molecular weight excluding hydrogens is 360 g/mol. The SMILES string of the molecule is CCCC(CC)CN=Cc1ccnc(/C(=C/F)N(C)CNCF)c1N(C)CC. The number of nitrogens with zero attached hydrogens (tertiary/aromatic N) is 4. The zero-order chi connectivity index (χ0) is 20.9. The molecule has 1 unspecified atom stereocenters. The molecule has 28 heavy (non-hydrogen) atoms. The van der Waals surface area contributed by atoms with Gasteiger partial charge in [-0.05, 0) is 25.3 Å². The molecule has 7 heteroatoms. The highest BCUT2D eigenvalue weighted by atomic mass is 19.1. The van der Waals surface area contributed by atoms with Gasteiger partial charge in [0.15, 0.2) is 0 Å². The van der Waals surface area contributed by atoms with E-state index in [0.717, 1.165) is 43.6 Å². The van der Waals surface area contributed by atoms with Gasteiger partial charge < -0.3 is 9.80 Å². The first-order chi connectivity index (χ1) is 13.5. The number of hydrogen-bond acceptors (Lipinski definition) is 5. The molecule has 1 aromatic rings. The Balaban J connectivity index is 3.23. The maximum absolute atomic E-state index is 13.8. The number of halogens is 2. The Hall–Kier alpha value is -2.02. The molecule has 0 aromatic carbocycles. The van der Waals surface area contributed by atoms with E-state index in [1.54, 1.807) is 18.1 Å². The Morgan fingerprint density at radius 2 is 2.07 bits per heavy atom. The molecule has 1 heterocycles. The molecule has 0 aliphatic heterocycles. The first kappa shape index (κ1) is 24.0. The van der Waals surface area contributed by atoms with Gasteiger partial charge in [0.25, 0.3) is 0 Å². The molecule has 0 saturated heterocycles. The van der Waals surface area contributed by atoms with Gasteiger partial charge in [-0.25, -0.2) is 8.78 Å². The first-order valence-corrected chi connectivity index (χ1v) is 10.0. The second-order valence-corrected chi connectivity index (χ2v) is 6.90. The van der Waals surface area contributed by atoms with Crippen LogP contribution in [0.15, 0.2) is 23.6 Å². The molecule has 1 rings (SSSR count). The second-order valence-electron chi connectivity index (χ2n) is 6.90. The Labute approximate surface area is 168 Å². The first-order valence-electron chi connectivity index (χ1n) is 10.0. The van der Waals surface area contributed by atoms with Crippen LogP contribution in [-0.4, -0.2) is 56.8 Å². The van der Waals surface area contributed by atoms with Crippen molar-refractivity contribution in [1.29, 1.82) is 0 Å². The summed E-state index contributed by atoms with van der Waals surface area (Å²) in [5.41, 5.74) is 2.52. The fourth-order valence-electron chi connectivity index (χ4n) is 3.06. The van der Waals surface area contributed by atoms with Crippen LogP contribution in [0.2, 0.25) is 0 Å². The van der Waals surface area contributed by atoms with E-state index >= 15 is 0 Å². The summed E-state index contributed by atoms with van der Waals surface area (Å²) in [6, 6.07) is 1.89. The monoisotopic (exact) mass is 395 g/mol. The van der Waals surface area contributed by atoms with Gasteiger partial charge in [0, 0.05) is 45.2 Å². The molecule has 0 aliphatic rings. The van der Waals surface area contributed by atoms with Crippen molar-refractivity contribution >= 4 is 17.6 Å². The minimum atomic E-state index is -0.678. The number of alkyl halides is 1. The van der Waals surface area contributed by atoms with Gasteiger partial charge in [-0.15, -0.1) is 0 Å². The van der Waals surface area contributed by atoms with Crippen molar-refractivity contribution in [3.05, 3.63) is 29.9 Å². The summed E-state index contributed by atoms with van der Waals surface area (Å²) < 4.78 is 26.2. The van der Waals surface area contributed by atoms with Crippen LogP contribution in [0, 0.1) is 5.92 Å². The average Bonchev–Trinajstić information content (AvgIpc) is 2.71. The van der Waals surface area contributed by atoms with E-state index in [9.17, 15) is 8.78 Å². The van der Waals surface area contributed by atoms with Crippen molar-refractivity contribution < 1.29 is 8.78 Å². The number of aliphatic imine (C=N–C) groups is 1. The third-order valence-corrected chi connectivity index (χ3v) is 4.88. The summed E-state index contributed by atoms with van der Waals surface area (Å²) in [7, 11) is 3.64. The van der Waals surface area contributed by atoms with Crippen molar-refractivity contribution in [3.8, 4) is 0 Å². The van der Waals surface area contributed by atoms with Crippen LogP contribution >= 0.6 is 0 Å². The van der Waals surface area contributed by atoms with Gasteiger partial charge >= 0.3 is 0 Å². The van der Waals surface area contributed by atoms with E-state index in [-0.39, 0.29) is 6.67 Å². The number of hydrogen-bond donors (Lipinski definition) is 1. The number of aromatic nitrogens is 1. The van der Waals surface area contributed by atoms with Crippen LogP contribution in [0.5, 0.6) is 0 Å². The van der Waals surface area contributed by atoms with Crippen molar-refractivity contribution in [2.45, 2.75) is 40.0 Å². The highest BCUT2D eigenvalue weighted by Crippen LogP contribution is 2.29. The van der Waals surface area contributed by atoms with Crippen molar-refractivity contribution in [2.24, 2.45) is 10.9 Å². The Kier molecular flexibility index (Phi) is 11.3. The van der Waals surface area contributed by atoms with Gasteiger partial charge in [-0.1, -0.05) is 26.7 Å². The normalized spacial score (nSPS) is 13.2. The topological polar surface area (TPSA) is 43.8 Å². The number of nitrogens with one attached hydrogen (secondary N) is 1. The molecule has 1 N–H and O–H groups in total. The molecule has 0 amide bonds. The van der Waals surface area contributed by atoms with Crippen LogP contribution in [-0.2, 0) is 0 Å². The Bertz CT molecular complexity index is 633. The summed E-state index contributed by atoms with van der Waals surface area (Å²) in [4.78, 5) is 12.7. The molecule has 0 aliphatic carbocycles. The number of rotatable bonds is 13. The highest BCUT2D eigenvalue weighted by molar-refractivity contribution is 5.92. The van der Waals surface area contributed by atoms with Gasteiger partial charge in [-0.3, -0.25) is 15.3 Å². The molecular formula is C21H35F2N5. The minimum absolute atomic E-state index is 0.177. The van der Waals surface area contributed by atoms with Crippen molar-refractivity contribution in [2.75, 3.05) is 45.6 Å². The van der Waals surface area contributed by atoms with E-state index < -0.39 is 6.80 Å². The van der Waals surface area contributed by atoms with E-state index in [1.807, 2.05) is 31.2 Å². The lowest BCUT2D eigenvalue weighted by molar-refractivity contribution is 0.350. The number of anilines is 1. The van der Waals surface area contributed by atoms with Crippen LogP contribution < -0.4 is 10.2 Å². The van der Waals surface area contributed by atoms with Crippen molar-refractivity contribution in [1.82, 2.24) is 15.2 Å². The predicted octanol–water partition coefficient (Wildman–Crippen LogP) is 4.46. The predicted molar refractivity (Wildman–Crippen MR) is 115 cm³/mol. The molecule has 158 valence electrons. The average molecular weight is 396 g/mol. The fourth-order valence-corrected chi connectivity index (χ4v) is 3.06. The molecule has 1 atom stereocenters. The molecule has 0 bridgehead atoms. The maximum Gasteiger partial charge on any atom is 0.141 e. The van der Waals surface area contributed by atoms with Gasteiger partial charge in [0.05, 0.1) is 18.1 Å². The molecule has 0 fully saturated rings. The Morgan fingerprint density at radius 1 is 1.32 bits per heavy atom. The van der Waals surface area contributed by atoms with Crippen LogP contribution in [0.4, 0.5) is 14.5 Å². The lowest BCUT2D eigenvalue weighted by Crippen LogP contribution is -2.30. The lowest BCUT2D eigenvalue weighted by atomic mass is 10.0. The van der Waals surface area contributed by atoms with E-state index in [0.29, 0.717) is 23.6 Å². The summed E-state index contributed by atoms with van der Waals surface area (Å²) in [5.74, 6) is 0.578. The summed E-state index contributed by atoms with van der Waals surface area (Å²) in [6.45, 7) is 7.42. The van der Waals surface area contributed by atoms with Gasteiger partial charge in [-0.2, -0.15) is 0 Å². The molecule has 0 spiro atoms. The zero-order valence-corrected chi connectivity index (χ0v) is 17.9.